The Labute approximate surface area is 373 Å². The normalized spacial score (nSPS) is 12.3. The summed E-state index contributed by atoms with van der Waals surface area (Å²) in [6.07, 6.45) is 3.84. The molecule has 0 amide bonds. The third kappa shape index (κ3) is 6.43. The molecule has 0 atom stereocenters. The molecule has 2 aliphatic rings. The fourth-order valence-electron chi connectivity index (χ4n) is 9.62. The van der Waals surface area contributed by atoms with E-state index in [1.54, 1.807) is 0 Å². The number of hydrogen-bond acceptors (Lipinski definition) is 5. The predicted octanol–water partition coefficient (Wildman–Crippen LogP) is 13.0. The van der Waals surface area contributed by atoms with Gasteiger partial charge in [0.05, 0.1) is 18.1 Å². The molecule has 64 heavy (non-hydrogen) atoms. The Morgan fingerprint density at radius 2 is 0.828 bits per heavy atom. The molecule has 12 rings (SSSR count). The van der Waals surface area contributed by atoms with E-state index in [0.29, 0.717) is 0 Å². The highest BCUT2D eigenvalue weighted by Crippen LogP contribution is 2.47. The molecule has 9 aromatic carbocycles. The van der Waals surface area contributed by atoms with E-state index >= 15 is 0 Å². The molecule has 0 spiro atoms. The summed E-state index contributed by atoms with van der Waals surface area (Å²) in [5.74, 6) is 0.755. The van der Waals surface area contributed by atoms with E-state index in [0.717, 1.165) is 84.8 Å². The first-order valence-electron chi connectivity index (χ1n) is 21.8. The van der Waals surface area contributed by atoms with Crippen molar-refractivity contribution in [3.8, 4) is 33.5 Å². The molecule has 0 aliphatic carbocycles. The fourth-order valence-corrected chi connectivity index (χ4v) is 9.62. The summed E-state index contributed by atoms with van der Waals surface area (Å²) in [6.45, 7) is -0.0895. The van der Waals surface area contributed by atoms with E-state index in [9.17, 15) is 0 Å². The highest BCUT2D eigenvalue weighted by Gasteiger charge is 2.44. The van der Waals surface area contributed by atoms with Gasteiger partial charge in [-0.15, -0.1) is 0 Å². The van der Waals surface area contributed by atoms with Crippen molar-refractivity contribution in [2.24, 2.45) is 0 Å². The average molecular weight is 818 g/mol. The van der Waals surface area contributed by atoms with Crippen molar-refractivity contribution >= 4 is 74.4 Å². The van der Waals surface area contributed by atoms with Gasteiger partial charge in [-0.25, -0.2) is 4.98 Å². The number of rotatable bonds is 8. The van der Waals surface area contributed by atoms with Crippen LogP contribution in [0.2, 0.25) is 0 Å². The maximum Gasteiger partial charge on any atom is 0.252 e. The highest BCUT2D eigenvalue weighted by atomic mass is 15.2. The molecule has 0 N–H and O–H groups in total. The minimum Gasteiger partial charge on any atom is -0.311 e. The van der Waals surface area contributed by atoms with Gasteiger partial charge in [0.2, 0.25) is 0 Å². The molecule has 0 unspecified atom stereocenters. The summed E-state index contributed by atoms with van der Waals surface area (Å²) in [4.78, 5) is 17.5. The maximum atomic E-state index is 5.23. The molecule has 2 aliphatic heterocycles. The topological polar surface area (TPSA) is 35.5 Å². The number of nitrogens with zero attached hydrogens (tertiary/aromatic N) is 5. The maximum absolute atomic E-state index is 5.23. The second-order valence-corrected chi connectivity index (χ2v) is 16.2. The molecule has 0 radical (unpaired) electrons. The molecular formula is C58H40BN5. The number of fused-ring (bicyclic) bond motifs is 4. The van der Waals surface area contributed by atoms with E-state index in [1.807, 2.05) is 30.6 Å². The minimum atomic E-state index is -0.0895. The lowest BCUT2D eigenvalue weighted by molar-refractivity contribution is 1.13. The summed E-state index contributed by atoms with van der Waals surface area (Å²) >= 11 is 0. The standard InChI is InChI=1S/C58H40BN5/c1-7-19-41(20-8-1)44-31-33-50-53(35-44)64(57-40-60-52(39-61-57)43-23-11-3-12-24-43)56-37-45(42-21-9-2-10-22-42)36-55-58(56)59(50)51-34-32-49(38-54(51)63(55)48-29-17-6-18-30-48)62(46-25-13-4-14-26-46)47-27-15-5-16-28-47/h1-40H. The van der Waals surface area contributed by atoms with Crippen LogP contribution in [0.4, 0.5) is 51.3 Å². The van der Waals surface area contributed by atoms with Gasteiger partial charge < -0.3 is 9.80 Å². The van der Waals surface area contributed by atoms with Gasteiger partial charge in [0, 0.05) is 51.1 Å². The lowest BCUT2D eigenvalue weighted by Gasteiger charge is -2.44. The van der Waals surface area contributed by atoms with Gasteiger partial charge in [-0.05, 0) is 105 Å². The second-order valence-electron chi connectivity index (χ2n) is 16.2. The molecule has 5 nitrogen and oxygen atoms in total. The lowest BCUT2D eigenvalue weighted by Crippen LogP contribution is -2.61. The first-order chi connectivity index (χ1) is 31.8. The first-order valence-corrected chi connectivity index (χ1v) is 21.8. The second kappa shape index (κ2) is 15.8. The molecule has 0 fully saturated rings. The zero-order chi connectivity index (χ0) is 42.4. The van der Waals surface area contributed by atoms with Crippen LogP contribution in [0, 0.1) is 0 Å². The van der Waals surface area contributed by atoms with Crippen LogP contribution in [-0.4, -0.2) is 16.7 Å². The monoisotopic (exact) mass is 817 g/mol. The Balaban J connectivity index is 1.15. The van der Waals surface area contributed by atoms with Crippen LogP contribution in [0.5, 0.6) is 0 Å². The molecular weight excluding hydrogens is 777 g/mol. The van der Waals surface area contributed by atoms with Crippen LogP contribution < -0.4 is 31.1 Å². The first kappa shape index (κ1) is 37.3. The SMILES string of the molecule is c1ccc(-c2ccc3c(c2)N(c2cnc(-c4ccccc4)cn2)c2cc(-c4ccccc4)cc4c2B3c2ccc(N(c3ccccc3)c3ccccc3)cc2N4c2ccccc2)cc1. The smallest absolute Gasteiger partial charge is 0.252 e. The highest BCUT2D eigenvalue weighted by molar-refractivity contribution is 7.00. The van der Waals surface area contributed by atoms with Crippen molar-refractivity contribution < 1.29 is 0 Å². The summed E-state index contributed by atoms with van der Waals surface area (Å²) in [7, 11) is 0. The molecule has 6 heteroatoms. The Morgan fingerprint density at radius 3 is 1.41 bits per heavy atom. The van der Waals surface area contributed by atoms with Crippen LogP contribution >= 0.6 is 0 Å². The number of para-hydroxylation sites is 3. The summed E-state index contributed by atoms with van der Waals surface area (Å²) in [6, 6.07) is 82.5. The third-order valence-corrected chi connectivity index (χ3v) is 12.5. The van der Waals surface area contributed by atoms with E-state index in [2.05, 4.69) is 227 Å². The quantitative estimate of drug-likeness (QED) is 0.143. The van der Waals surface area contributed by atoms with Gasteiger partial charge in [-0.2, -0.15) is 0 Å². The Kier molecular flexibility index (Phi) is 9.19. The predicted molar refractivity (Wildman–Crippen MR) is 267 cm³/mol. The van der Waals surface area contributed by atoms with Gasteiger partial charge in [-0.1, -0.05) is 164 Å². The zero-order valence-electron chi connectivity index (χ0n) is 34.9. The lowest BCUT2D eigenvalue weighted by atomic mass is 9.33. The molecule has 10 aromatic rings. The zero-order valence-corrected chi connectivity index (χ0v) is 34.9. The largest absolute Gasteiger partial charge is 0.311 e. The van der Waals surface area contributed by atoms with E-state index < -0.39 is 0 Å². The number of hydrogen-bond donors (Lipinski definition) is 0. The van der Waals surface area contributed by atoms with Crippen molar-refractivity contribution in [2.45, 2.75) is 0 Å². The van der Waals surface area contributed by atoms with Crippen LogP contribution in [0.1, 0.15) is 0 Å². The van der Waals surface area contributed by atoms with Gasteiger partial charge in [0.15, 0.2) is 5.82 Å². The Bertz CT molecular complexity index is 3220. The molecule has 0 saturated heterocycles. The molecule has 3 heterocycles. The van der Waals surface area contributed by atoms with Gasteiger partial charge in [0.25, 0.3) is 6.71 Å². The van der Waals surface area contributed by atoms with E-state index in [1.165, 1.54) is 16.4 Å². The number of aromatic nitrogens is 2. The average Bonchev–Trinajstić information content (AvgIpc) is 3.38. The van der Waals surface area contributed by atoms with Crippen molar-refractivity contribution in [1.29, 1.82) is 0 Å². The van der Waals surface area contributed by atoms with Crippen molar-refractivity contribution in [1.82, 2.24) is 9.97 Å². The molecule has 0 bridgehead atoms. The van der Waals surface area contributed by atoms with Crippen LogP contribution in [0.3, 0.4) is 0 Å². The molecule has 0 saturated carbocycles. The number of benzene rings is 9. The van der Waals surface area contributed by atoms with E-state index in [4.69, 9.17) is 9.97 Å². The summed E-state index contributed by atoms with van der Waals surface area (Å²) < 4.78 is 0. The van der Waals surface area contributed by atoms with Crippen molar-refractivity contribution in [3.05, 3.63) is 243 Å². The van der Waals surface area contributed by atoms with Gasteiger partial charge >= 0.3 is 0 Å². The van der Waals surface area contributed by atoms with Crippen molar-refractivity contribution in [2.75, 3.05) is 14.7 Å². The van der Waals surface area contributed by atoms with Crippen molar-refractivity contribution in [3.63, 3.8) is 0 Å². The Hall–Kier alpha value is -8.48. The van der Waals surface area contributed by atoms with Crippen LogP contribution in [0.15, 0.2) is 243 Å². The van der Waals surface area contributed by atoms with Crippen LogP contribution in [0.25, 0.3) is 33.5 Å². The summed E-state index contributed by atoms with van der Waals surface area (Å²) in [5, 5.41) is 0. The Morgan fingerprint density at radius 1 is 0.344 bits per heavy atom. The third-order valence-electron chi connectivity index (χ3n) is 12.5. The van der Waals surface area contributed by atoms with Gasteiger partial charge in [0.1, 0.15) is 0 Å². The minimum absolute atomic E-state index is 0.0895. The molecule has 1 aromatic heterocycles. The van der Waals surface area contributed by atoms with E-state index in [-0.39, 0.29) is 6.71 Å². The molecule has 300 valence electrons. The number of anilines is 9. The van der Waals surface area contributed by atoms with Crippen LogP contribution in [-0.2, 0) is 0 Å². The fraction of sp³-hybridized carbons (Fsp3) is 0. The van der Waals surface area contributed by atoms with Gasteiger partial charge in [-0.3, -0.25) is 9.88 Å². The summed E-state index contributed by atoms with van der Waals surface area (Å²) in [5.41, 5.74) is 18.8.